The van der Waals surface area contributed by atoms with Crippen molar-refractivity contribution in [2.24, 2.45) is 0 Å². The van der Waals surface area contributed by atoms with E-state index in [1.165, 1.54) is 0 Å². The Balaban J connectivity index is 2.16. The number of esters is 7. The van der Waals surface area contributed by atoms with Gasteiger partial charge in [0.25, 0.3) is 11.8 Å². The van der Waals surface area contributed by atoms with Crippen LogP contribution in [-0.2, 0) is 95.4 Å². The number of imide groups is 1. The molecule has 0 spiro atoms. The second-order valence-corrected chi connectivity index (χ2v) is 11.3. The highest BCUT2D eigenvalue weighted by Gasteiger charge is 2.58. The van der Waals surface area contributed by atoms with Gasteiger partial charge in [-0.2, -0.15) is 5.06 Å². The number of hydrogen-bond donors (Lipinski definition) is 0. The Morgan fingerprint density at radius 2 is 0.863 bits per heavy atom. The molecule has 3 aliphatic rings. The van der Waals surface area contributed by atoms with Gasteiger partial charge >= 0.3 is 41.8 Å². The summed E-state index contributed by atoms with van der Waals surface area (Å²) in [6, 6.07) is 0. The Morgan fingerprint density at radius 3 is 1.29 bits per heavy atom. The quantitative estimate of drug-likeness (QED) is 0.121. The lowest BCUT2D eigenvalue weighted by Gasteiger charge is -2.48. The van der Waals surface area contributed by atoms with E-state index in [2.05, 4.69) is 0 Å². The van der Waals surface area contributed by atoms with Crippen LogP contribution in [-0.4, -0.2) is 133 Å². The molecule has 51 heavy (non-hydrogen) atoms. The van der Waals surface area contributed by atoms with Crippen molar-refractivity contribution < 1.29 is 95.4 Å². The van der Waals surface area contributed by atoms with E-state index in [4.69, 9.17) is 52.2 Å². The van der Waals surface area contributed by atoms with E-state index in [1.54, 1.807) is 0 Å². The van der Waals surface area contributed by atoms with Gasteiger partial charge in [0, 0.05) is 61.3 Å². The monoisotopic (exact) mass is 733 g/mol. The maximum Gasteiger partial charge on any atom is 0.303 e. The Hall–Kier alpha value is -4.73. The molecule has 3 saturated heterocycles. The molecule has 0 aromatic heterocycles. The zero-order chi connectivity index (χ0) is 38.2. The molecule has 0 radical (unpaired) electrons. The van der Waals surface area contributed by atoms with Gasteiger partial charge in [0.1, 0.15) is 31.5 Å². The number of amides is 2. The Bertz CT molecular complexity index is 1360. The predicted octanol–water partition coefficient (Wildman–Crippen LogP) is -1.31. The summed E-state index contributed by atoms with van der Waals surface area (Å²) in [5.74, 6) is -7.88. The van der Waals surface area contributed by atoms with Crippen LogP contribution < -0.4 is 0 Å². The molecule has 3 heterocycles. The summed E-state index contributed by atoms with van der Waals surface area (Å²) in [4.78, 5) is 116. The molecule has 3 aliphatic heterocycles. The van der Waals surface area contributed by atoms with Gasteiger partial charge in [-0.1, -0.05) is 0 Å². The Morgan fingerprint density at radius 1 is 0.510 bits per heavy atom. The molecule has 284 valence electrons. The number of hydrogen-bond acceptors (Lipinski definition) is 20. The van der Waals surface area contributed by atoms with E-state index in [-0.39, 0.29) is 12.8 Å². The van der Waals surface area contributed by atoms with E-state index in [9.17, 15) is 43.2 Å². The molecule has 0 bridgehead atoms. The fourth-order valence-corrected chi connectivity index (χ4v) is 5.33. The summed E-state index contributed by atoms with van der Waals surface area (Å²) in [5, 5.41) is 0.384. The molecule has 21 heteroatoms. The summed E-state index contributed by atoms with van der Waals surface area (Å²) < 4.78 is 55.5. The number of rotatable bonds is 13. The first-order valence-electron chi connectivity index (χ1n) is 15.5. The summed E-state index contributed by atoms with van der Waals surface area (Å²) >= 11 is 0. The smallest absolute Gasteiger partial charge is 0.303 e. The Labute approximate surface area is 290 Å². The van der Waals surface area contributed by atoms with Gasteiger partial charge in [-0.05, 0) is 0 Å². The topological polar surface area (TPSA) is 258 Å². The van der Waals surface area contributed by atoms with E-state index < -0.39 is 128 Å². The van der Waals surface area contributed by atoms with Gasteiger partial charge in [-0.3, -0.25) is 43.2 Å². The van der Waals surface area contributed by atoms with Crippen molar-refractivity contribution in [3.05, 3.63) is 0 Å². The molecule has 0 aromatic carbocycles. The number of ether oxygens (including phenoxy) is 10. The van der Waals surface area contributed by atoms with Crippen LogP contribution in [0.3, 0.4) is 0 Å². The summed E-state index contributed by atoms with van der Waals surface area (Å²) in [6.07, 6.45) is -17.5. The lowest BCUT2D eigenvalue weighted by Crippen LogP contribution is -2.67. The van der Waals surface area contributed by atoms with Crippen molar-refractivity contribution >= 4 is 53.6 Å². The van der Waals surface area contributed by atoms with Crippen molar-refractivity contribution in [3.8, 4) is 0 Å². The zero-order valence-corrected chi connectivity index (χ0v) is 28.7. The molecule has 0 N–H and O–H groups in total. The molecule has 2 amide bonds. The summed E-state index contributed by atoms with van der Waals surface area (Å²) in [7, 11) is 0. The summed E-state index contributed by atoms with van der Waals surface area (Å²) in [5.41, 5.74) is 0. The molecule has 0 aromatic rings. The number of carbonyl (C=O) groups is 9. The van der Waals surface area contributed by atoms with Gasteiger partial charge in [0.2, 0.25) is 6.29 Å². The van der Waals surface area contributed by atoms with Crippen molar-refractivity contribution in [1.29, 1.82) is 0 Å². The number of nitrogens with zero attached hydrogens (tertiary/aromatic N) is 1. The maximum atomic E-state index is 12.5. The van der Waals surface area contributed by atoms with Gasteiger partial charge in [-0.15, -0.1) is 0 Å². The molecule has 0 saturated carbocycles. The lowest BCUT2D eigenvalue weighted by atomic mass is 9.96. The minimum Gasteiger partial charge on any atom is -0.463 e. The Kier molecular flexibility index (Phi) is 14.3. The van der Waals surface area contributed by atoms with E-state index in [1.807, 2.05) is 0 Å². The second-order valence-electron chi connectivity index (χ2n) is 11.3. The van der Waals surface area contributed by atoms with Crippen molar-refractivity contribution in [3.63, 3.8) is 0 Å². The maximum absolute atomic E-state index is 12.5. The van der Waals surface area contributed by atoms with E-state index in [0.29, 0.717) is 5.06 Å². The third-order valence-corrected chi connectivity index (χ3v) is 7.10. The predicted molar refractivity (Wildman–Crippen MR) is 155 cm³/mol. The van der Waals surface area contributed by atoms with Crippen LogP contribution in [0.4, 0.5) is 0 Å². The van der Waals surface area contributed by atoms with Crippen molar-refractivity contribution in [2.45, 2.75) is 123 Å². The number of hydroxylamine groups is 2. The van der Waals surface area contributed by atoms with Crippen LogP contribution >= 0.6 is 0 Å². The van der Waals surface area contributed by atoms with Crippen LogP contribution in [0.5, 0.6) is 0 Å². The average Bonchev–Trinajstić information content (AvgIpc) is 3.31. The van der Waals surface area contributed by atoms with Crippen LogP contribution in [0.25, 0.3) is 0 Å². The standard InChI is InChI=1S/C30H39NO20/c1-12(32)41-10-19-23(43-14(3)34)25(44-15(4)35)27(46-17(6)37)29(48-19)50-24-20(11-42-13(2)33)49-30(51-31-21(39)8-9-22(31)40)28(47-18(7)38)26(24)45-16(5)36/h19-20,23-30H,8-11H2,1-7H3. The first kappa shape index (κ1) is 40.7. The van der Waals surface area contributed by atoms with Crippen molar-refractivity contribution in [2.75, 3.05) is 13.2 Å². The third kappa shape index (κ3) is 11.4. The normalized spacial score (nSPS) is 30.5. The van der Waals surface area contributed by atoms with Crippen LogP contribution in [0.1, 0.15) is 61.3 Å². The molecular formula is C30H39NO20. The first-order valence-corrected chi connectivity index (χ1v) is 15.5. The summed E-state index contributed by atoms with van der Waals surface area (Å²) in [6.45, 7) is 5.80. The highest BCUT2D eigenvalue weighted by atomic mass is 16.8. The first-order chi connectivity index (χ1) is 23.9. The molecule has 0 aliphatic carbocycles. The molecule has 3 fully saturated rings. The molecule has 21 nitrogen and oxygen atoms in total. The highest BCUT2D eigenvalue weighted by molar-refractivity contribution is 6.00. The fraction of sp³-hybridized carbons (Fsp3) is 0.700. The lowest BCUT2D eigenvalue weighted by molar-refractivity contribution is -0.376. The molecular weight excluding hydrogens is 694 g/mol. The van der Waals surface area contributed by atoms with Crippen LogP contribution in [0.2, 0.25) is 0 Å². The fourth-order valence-electron chi connectivity index (χ4n) is 5.33. The number of carbonyl (C=O) groups excluding carboxylic acids is 9. The van der Waals surface area contributed by atoms with Gasteiger partial charge in [0.05, 0.1) is 0 Å². The van der Waals surface area contributed by atoms with E-state index >= 15 is 0 Å². The molecule has 3 rings (SSSR count). The SMILES string of the molecule is CC(=O)OCC1OC(OC2C(COC(C)=O)OC(ON3C(=O)CCC3=O)C(OC(C)=O)C2OC(C)=O)C(OC(C)=O)C(OC(C)=O)C1OC(C)=O. The average molecular weight is 734 g/mol. The van der Waals surface area contributed by atoms with E-state index in [0.717, 1.165) is 48.5 Å². The van der Waals surface area contributed by atoms with Gasteiger partial charge in [-0.25, -0.2) is 4.84 Å². The second kappa shape index (κ2) is 18.0. The van der Waals surface area contributed by atoms with Crippen LogP contribution in [0.15, 0.2) is 0 Å². The van der Waals surface area contributed by atoms with Crippen LogP contribution in [0, 0.1) is 0 Å². The zero-order valence-electron chi connectivity index (χ0n) is 28.7. The third-order valence-electron chi connectivity index (χ3n) is 7.10. The van der Waals surface area contributed by atoms with Gasteiger partial charge < -0.3 is 47.4 Å². The minimum atomic E-state index is -1.88. The highest BCUT2D eigenvalue weighted by Crippen LogP contribution is 2.36. The molecule has 10 unspecified atom stereocenters. The molecule has 10 atom stereocenters. The van der Waals surface area contributed by atoms with Gasteiger partial charge in [0.15, 0.2) is 36.8 Å². The minimum absolute atomic E-state index is 0.206. The van der Waals surface area contributed by atoms with Crippen molar-refractivity contribution in [1.82, 2.24) is 5.06 Å². The largest absolute Gasteiger partial charge is 0.463 e.